The molecule has 0 amide bonds. The maximum atomic E-state index is 12.3. The Balaban J connectivity index is 1.90. The lowest BCUT2D eigenvalue weighted by Gasteiger charge is -2.03. The molecule has 3 nitrogen and oxygen atoms in total. The third-order valence-corrected chi connectivity index (χ3v) is 3.73. The van der Waals surface area contributed by atoms with E-state index in [0.29, 0.717) is 22.6 Å². The number of fused-ring (bicyclic) bond motifs is 1. The number of ketones is 1. The van der Waals surface area contributed by atoms with Gasteiger partial charge >= 0.3 is 0 Å². The molecule has 0 N–H and O–H groups in total. The summed E-state index contributed by atoms with van der Waals surface area (Å²) < 4.78 is 10.5. The SMILES string of the molecule is CSc1ccc(C(=O)c2ccc3c(c2)OCO3)cc1. The minimum atomic E-state index is -0.00838. The maximum Gasteiger partial charge on any atom is 0.231 e. The van der Waals surface area contributed by atoms with E-state index in [4.69, 9.17) is 9.47 Å². The fourth-order valence-electron chi connectivity index (χ4n) is 1.95. The summed E-state index contributed by atoms with van der Waals surface area (Å²) >= 11 is 1.65. The average Bonchev–Trinajstić information content (AvgIpc) is 2.94. The maximum absolute atomic E-state index is 12.3. The van der Waals surface area contributed by atoms with Crippen molar-refractivity contribution in [1.29, 1.82) is 0 Å². The molecule has 19 heavy (non-hydrogen) atoms. The highest BCUT2D eigenvalue weighted by Gasteiger charge is 2.17. The van der Waals surface area contributed by atoms with E-state index in [2.05, 4.69) is 0 Å². The van der Waals surface area contributed by atoms with Gasteiger partial charge in [0.25, 0.3) is 0 Å². The third-order valence-electron chi connectivity index (χ3n) is 2.99. The second-order valence-corrected chi connectivity index (χ2v) is 5.01. The number of rotatable bonds is 3. The molecule has 2 aromatic carbocycles. The summed E-state index contributed by atoms with van der Waals surface area (Å²) in [7, 11) is 0. The zero-order valence-electron chi connectivity index (χ0n) is 10.4. The Hall–Kier alpha value is -1.94. The largest absolute Gasteiger partial charge is 0.454 e. The molecular formula is C15H12O3S. The number of hydrogen-bond donors (Lipinski definition) is 0. The topological polar surface area (TPSA) is 35.5 Å². The molecule has 0 saturated heterocycles. The van der Waals surface area contributed by atoms with E-state index in [0.717, 1.165) is 4.90 Å². The molecule has 1 heterocycles. The van der Waals surface area contributed by atoms with E-state index in [-0.39, 0.29) is 12.6 Å². The predicted molar refractivity (Wildman–Crippen MR) is 74.2 cm³/mol. The molecule has 0 saturated carbocycles. The summed E-state index contributed by atoms with van der Waals surface area (Å²) in [6.07, 6.45) is 2.01. The van der Waals surface area contributed by atoms with Crippen molar-refractivity contribution in [3.8, 4) is 11.5 Å². The summed E-state index contributed by atoms with van der Waals surface area (Å²) in [6, 6.07) is 12.9. The second-order valence-electron chi connectivity index (χ2n) is 4.13. The number of benzene rings is 2. The van der Waals surface area contributed by atoms with E-state index in [1.54, 1.807) is 30.0 Å². The Labute approximate surface area is 115 Å². The van der Waals surface area contributed by atoms with E-state index in [9.17, 15) is 4.79 Å². The van der Waals surface area contributed by atoms with Crippen LogP contribution in [-0.4, -0.2) is 18.8 Å². The van der Waals surface area contributed by atoms with Gasteiger partial charge in [0, 0.05) is 16.0 Å². The van der Waals surface area contributed by atoms with Crippen LogP contribution in [-0.2, 0) is 0 Å². The first kappa shape index (κ1) is 12.1. The van der Waals surface area contributed by atoms with Gasteiger partial charge in [0.1, 0.15) is 0 Å². The number of carbonyl (C=O) groups excluding carboxylic acids is 1. The van der Waals surface area contributed by atoms with Crippen molar-refractivity contribution in [2.24, 2.45) is 0 Å². The standard InChI is InChI=1S/C15H12O3S/c1-19-12-5-2-10(3-6-12)15(16)11-4-7-13-14(8-11)18-9-17-13/h2-8H,9H2,1H3. The first-order chi connectivity index (χ1) is 9.28. The van der Waals surface area contributed by atoms with Crippen molar-refractivity contribution < 1.29 is 14.3 Å². The fourth-order valence-corrected chi connectivity index (χ4v) is 2.36. The number of thioether (sulfide) groups is 1. The molecule has 0 bridgehead atoms. The lowest BCUT2D eigenvalue weighted by molar-refractivity contribution is 0.103. The summed E-state index contributed by atoms with van der Waals surface area (Å²) in [4.78, 5) is 13.5. The zero-order chi connectivity index (χ0) is 13.2. The molecule has 0 radical (unpaired) electrons. The molecule has 1 aliphatic heterocycles. The van der Waals surface area contributed by atoms with E-state index in [1.165, 1.54) is 0 Å². The highest BCUT2D eigenvalue weighted by atomic mass is 32.2. The number of ether oxygens (including phenoxy) is 2. The van der Waals surface area contributed by atoms with Crippen LogP contribution in [0.1, 0.15) is 15.9 Å². The van der Waals surface area contributed by atoms with Crippen LogP contribution in [0, 0.1) is 0 Å². The third kappa shape index (κ3) is 2.31. The van der Waals surface area contributed by atoms with Crippen LogP contribution in [0.3, 0.4) is 0 Å². The molecule has 0 fully saturated rings. The van der Waals surface area contributed by atoms with Crippen molar-refractivity contribution in [2.45, 2.75) is 4.90 Å². The summed E-state index contributed by atoms with van der Waals surface area (Å²) in [5.41, 5.74) is 1.29. The highest BCUT2D eigenvalue weighted by molar-refractivity contribution is 7.98. The normalized spacial score (nSPS) is 12.5. The van der Waals surface area contributed by atoms with Gasteiger partial charge in [-0.2, -0.15) is 0 Å². The number of hydrogen-bond acceptors (Lipinski definition) is 4. The molecule has 96 valence electrons. The molecule has 0 aliphatic carbocycles. The van der Waals surface area contributed by atoms with Crippen molar-refractivity contribution in [3.63, 3.8) is 0 Å². The molecule has 2 aromatic rings. The van der Waals surface area contributed by atoms with Gasteiger partial charge < -0.3 is 9.47 Å². The lowest BCUT2D eigenvalue weighted by atomic mass is 10.0. The Morgan fingerprint density at radius 3 is 2.42 bits per heavy atom. The van der Waals surface area contributed by atoms with Crippen LogP contribution in [0.2, 0.25) is 0 Å². The molecule has 1 aliphatic rings. The molecular weight excluding hydrogens is 260 g/mol. The van der Waals surface area contributed by atoms with Gasteiger partial charge in [-0.1, -0.05) is 0 Å². The molecule has 3 rings (SSSR count). The molecule has 0 atom stereocenters. The number of carbonyl (C=O) groups is 1. The Kier molecular flexibility index (Phi) is 3.17. The van der Waals surface area contributed by atoms with Crippen LogP contribution in [0.15, 0.2) is 47.4 Å². The lowest BCUT2D eigenvalue weighted by Crippen LogP contribution is -2.00. The summed E-state index contributed by atoms with van der Waals surface area (Å²) in [6.45, 7) is 0.218. The molecule has 0 unspecified atom stereocenters. The fraction of sp³-hybridized carbons (Fsp3) is 0.133. The van der Waals surface area contributed by atoms with Gasteiger partial charge in [0.05, 0.1) is 0 Å². The zero-order valence-corrected chi connectivity index (χ0v) is 11.2. The average molecular weight is 272 g/mol. The van der Waals surface area contributed by atoms with E-state index >= 15 is 0 Å². The molecule has 0 aromatic heterocycles. The second kappa shape index (κ2) is 4.97. The van der Waals surface area contributed by atoms with Gasteiger partial charge in [-0.15, -0.1) is 11.8 Å². The van der Waals surface area contributed by atoms with Crippen molar-refractivity contribution in [1.82, 2.24) is 0 Å². The smallest absolute Gasteiger partial charge is 0.231 e. The van der Waals surface area contributed by atoms with Crippen molar-refractivity contribution in [2.75, 3.05) is 13.0 Å². The minimum Gasteiger partial charge on any atom is -0.454 e. The first-order valence-electron chi connectivity index (χ1n) is 5.86. The highest BCUT2D eigenvalue weighted by Crippen LogP contribution is 2.33. The van der Waals surface area contributed by atoms with Crippen LogP contribution in [0.5, 0.6) is 11.5 Å². The quantitative estimate of drug-likeness (QED) is 0.634. The monoisotopic (exact) mass is 272 g/mol. The first-order valence-corrected chi connectivity index (χ1v) is 7.09. The molecule has 4 heteroatoms. The van der Waals surface area contributed by atoms with Gasteiger partial charge in [0.2, 0.25) is 6.79 Å². The van der Waals surface area contributed by atoms with Gasteiger partial charge in [-0.3, -0.25) is 4.79 Å². The molecule has 0 spiro atoms. The minimum absolute atomic E-state index is 0.00838. The van der Waals surface area contributed by atoms with Gasteiger partial charge in [-0.05, 0) is 48.7 Å². The Bertz CT molecular complexity index is 620. The van der Waals surface area contributed by atoms with Crippen LogP contribution >= 0.6 is 11.8 Å². The predicted octanol–water partition coefficient (Wildman–Crippen LogP) is 3.37. The van der Waals surface area contributed by atoms with Crippen LogP contribution in [0.25, 0.3) is 0 Å². The van der Waals surface area contributed by atoms with Crippen molar-refractivity contribution >= 4 is 17.5 Å². The summed E-state index contributed by atoms with van der Waals surface area (Å²) in [5.74, 6) is 1.31. The van der Waals surface area contributed by atoms with E-state index < -0.39 is 0 Å². The van der Waals surface area contributed by atoms with Crippen molar-refractivity contribution in [3.05, 3.63) is 53.6 Å². The Morgan fingerprint density at radius 2 is 1.68 bits per heavy atom. The van der Waals surface area contributed by atoms with E-state index in [1.807, 2.05) is 30.5 Å². The summed E-state index contributed by atoms with van der Waals surface area (Å²) in [5, 5.41) is 0. The van der Waals surface area contributed by atoms with Crippen LogP contribution < -0.4 is 9.47 Å². The van der Waals surface area contributed by atoms with Crippen LogP contribution in [0.4, 0.5) is 0 Å². The van der Waals surface area contributed by atoms with Gasteiger partial charge in [-0.25, -0.2) is 0 Å². The Morgan fingerprint density at radius 1 is 1.00 bits per heavy atom. The van der Waals surface area contributed by atoms with Gasteiger partial charge in [0.15, 0.2) is 17.3 Å².